The smallest absolute Gasteiger partial charge is 0.244 e. The van der Waals surface area contributed by atoms with Gasteiger partial charge in [0.2, 0.25) is 5.91 Å². The van der Waals surface area contributed by atoms with Crippen LogP contribution in [0.3, 0.4) is 0 Å². The molecule has 3 saturated carbocycles. The number of ether oxygens (including phenoxy) is 2. The lowest BCUT2D eigenvalue weighted by Gasteiger charge is -2.73. The first-order valence-corrected chi connectivity index (χ1v) is 13.7. The maximum atomic E-state index is 12.9. The zero-order chi connectivity index (χ0) is 25.6. The van der Waals surface area contributed by atoms with E-state index < -0.39 is 5.60 Å². The fourth-order valence-electron chi connectivity index (χ4n) is 9.29. The first-order valence-electron chi connectivity index (χ1n) is 13.7. The molecule has 2 heterocycles. The molecule has 2 aromatic carbocycles. The molecule has 8 rings (SSSR count). The van der Waals surface area contributed by atoms with E-state index in [-0.39, 0.29) is 34.5 Å². The number of benzene rings is 2. The lowest BCUT2D eigenvalue weighted by Crippen LogP contribution is -2.81. The van der Waals surface area contributed by atoms with Crippen molar-refractivity contribution in [2.45, 2.75) is 62.2 Å². The van der Waals surface area contributed by atoms with Crippen molar-refractivity contribution in [2.75, 3.05) is 27.2 Å². The molecule has 1 saturated heterocycles. The summed E-state index contributed by atoms with van der Waals surface area (Å²) in [7, 11) is 4.08. The Kier molecular flexibility index (Phi) is 4.94. The predicted molar refractivity (Wildman–Crippen MR) is 142 cm³/mol. The molecule has 194 valence electrons. The van der Waals surface area contributed by atoms with Crippen LogP contribution in [0.1, 0.15) is 47.9 Å². The van der Waals surface area contributed by atoms with Crippen LogP contribution in [0.4, 0.5) is 0 Å². The summed E-state index contributed by atoms with van der Waals surface area (Å²) in [5.41, 5.74) is 4.17. The van der Waals surface area contributed by atoms with Gasteiger partial charge in [0, 0.05) is 48.1 Å². The van der Waals surface area contributed by atoms with Crippen LogP contribution in [0.5, 0.6) is 11.5 Å². The van der Waals surface area contributed by atoms with Crippen LogP contribution in [0.25, 0.3) is 6.08 Å². The molecule has 2 aliphatic heterocycles. The van der Waals surface area contributed by atoms with E-state index in [1.54, 1.807) is 12.1 Å². The Balaban J connectivity index is 1.24. The number of aryl methyl sites for hydroxylation is 1. The average molecular weight is 501 g/mol. The van der Waals surface area contributed by atoms with E-state index >= 15 is 0 Å². The second-order valence-corrected chi connectivity index (χ2v) is 12.0. The number of nitrogens with zero attached hydrogens (tertiary/aromatic N) is 1. The number of hydrogen-bond donors (Lipinski definition) is 2. The second-order valence-electron chi connectivity index (χ2n) is 12.0. The van der Waals surface area contributed by atoms with Gasteiger partial charge in [-0.1, -0.05) is 30.3 Å². The minimum Gasteiger partial charge on any atom is -0.504 e. The average Bonchev–Trinajstić information content (AvgIpc) is 3.28. The molecule has 6 heteroatoms. The number of nitrogens with one attached hydrogen (secondary N) is 1. The van der Waals surface area contributed by atoms with Crippen molar-refractivity contribution in [2.24, 2.45) is 11.3 Å². The first kappa shape index (κ1) is 23.3. The lowest BCUT2D eigenvalue weighted by atomic mass is 9.35. The molecule has 2 N–H and O–H groups in total. The van der Waals surface area contributed by atoms with E-state index in [1.165, 1.54) is 11.1 Å². The van der Waals surface area contributed by atoms with Crippen molar-refractivity contribution in [1.82, 2.24) is 10.2 Å². The standard InChI is InChI=1S/C31H36N2O4/c1-19-6-4-5-7-20(19)9-11-25(35)32-18-22-17-29-12-13-31(22,36-3)28-30(29)14-15-33(2)24(29)16-21-8-10-23(34)27(37-28)26(21)30/h4-11,22,24,28,34H,12-18H2,1-3H3,(H,32,35)/b11-9+/t22-,24-,28-,29-,30+,31-/m1/s1. The zero-order valence-electron chi connectivity index (χ0n) is 21.9. The van der Waals surface area contributed by atoms with Crippen molar-refractivity contribution < 1.29 is 19.4 Å². The summed E-state index contributed by atoms with van der Waals surface area (Å²) in [6.07, 6.45) is 8.34. The fraction of sp³-hybridized carbons (Fsp3) is 0.516. The summed E-state index contributed by atoms with van der Waals surface area (Å²) in [6, 6.07) is 12.4. The van der Waals surface area contributed by atoms with Gasteiger partial charge in [-0.2, -0.15) is 0 Å². The number of carbonyl (C=O) groups excluding carboxylic acids is 1. The molecule has 6 nitrogen and oxygen atoms in total. The summed E-state index contributed by atoms with van der Waals surface area (Å²) < 4.78 is 13.3. The highest BCUT2D eigenvalue weighted by Crippen LogP contribution is 2.76. The molecule has 0 unspecified atom stereocenters. The number of likely N-dealkylation sites (tertiary alicyclic amines) is 1. The van der Waals surface area contributed by atoms with E-state index in [4.69, 9.17) is 9.47 Å². The van der Waals surface area contributed by atoms with Crippen molar-refractivity contribution in [3.63, 3.8) is 0 Å². The number of phenolic OH excluding ortho intramolecular Hbond substituents is 1. The van der Waals surface area contributed by atoms with Gasteiger partial charge in [-0.25, -0.2) is 0 Å². The van der Waals surface area contributed by atoms with E-state index in [9.17, 15) is 9.90 Å². The second kappa shape index (κ2) is 7.84. The Bertz CT molecular complexity index is 1320. The number of rotatable bonds is 5. The van der Waals surface area contributed by atoms with Gasteiger partial charge in [0.15, 0.2) is 11.5 Å². The third-order valence-corrected chi connectivity index (χ3v) is 10.9. The number of methoxy groups -OCH3 is 1. The number of likely N-dealkylation sites (N-methyl/N-ethyl adjacent to an activating group) is 1. The zero-order valence-corrected chi connectivity index (χ0v) is 21.9. The molecule has 2 spiro atoms. The van der Waals surface area contributed by atoms with Crippen molar-refractivity contribution in [3.8, 4) is 11.5 Å². The summed E-state index contributed by atoms with van der Waals surface area (Å²) in [4.78, 5) is 15.5. The van der Waals surface area contributed by atoms with E-state index in [1.807, 2.05) is 31.4 Å². The number of phenols is 1. The number of aromatic hydroxyl groups is 1. The molecule has 6 aliphatic rings. The Morgan fingerprint density at radius 1 is 1.24 bits per heavy atom. The normalized spacial score (nSPS) is 36.9. The summed E-state index contributed by atoms with van der Waals surface area (Å²) in [5, 5.41) is 14.1. The van der Waals surface area contributed by atoms with Gasteiger partial charge >= 0.3 is 0 Å². The molecule has 4 aliphatic carbocycles. The maximum Gasteiger partial charge on any atom is 0.244 e. The highest BCUT2D eigenvalue weighted by atomic mass is 16.6. The monoisotopic (exact) mass is 500 g/mol. The van der Waals surface area contributed by atoms with Crippen LogP contribution in [-0.2, 0) is 21.4 Å². The molecule has 4 fully saturated rings. The van der Waals surface area contributed by atoms with Gasteiger partial charge in [-0.05, 0) is 81.5 Å². The van der Waals surface area contributed by atoms with Crippen molar-refractivity contribution in [3.05, 3.63) is 64.7 Å². The molecular weight excluding hydrogens is 464 g/mol. The molecule has 1 amide bonds. The SMILES string of the molecule is CO[C@]12CC[C@@]3(C[C@@H]1CNC(=O)/C=C/c1ccccc1C)[C@H]1Cc4ccc(O)c5c4[C@@]3(CCN1C)[C@H]2O5. The largest absolute Gasteiger partial charge is 0.504 e. The summed E-state index contributed by atoms with van der Waals surface area (Å²) in [5.74, 6) is 0.975. The van der Waals surface area contributed by atoms with E-state index in [0.717, 1.165) is 49.8 Å². The number of piperidine rings is 1. The third kappa shape index (κ3) is 2.81. The van der Waals surface area contributed by atoms with E-state index in [0.29, 0.717) is 18.3 Å². The summed E-state index contributed by atoms with van der Waals surface area (Å²) in [6.45, 7) is 3.62. The number of fused-ring (bicyclic) bond motifs is 2. The van der Waals surface area contributed by atoms with Gasteiger partial charge < -0.3 is 24.8 Å². The van der Waals surface area contributed by atoms with Crippen LogP contribution in [0, 0.1) is 18.3 Å². The highest BCUT2D eigenvalue weighted by Gasteiger charge is 2.80. The number of carbonyl (C=O) groups is 1. The van der Waals surface area contributed by atoms with Crippen LogP contribution in [-0.4, -0.2) is 60.9 Å². The minimum atomic E-state index is -0.505. The quantitative estimate of drug-likeness (QED) is 0.608. The van der Waals surface area contributed by atoms with Crippen molar-refractivity contribution in [1.29, 1.82) is 0 Å². The summed E-state index contributed by atoms with van der Waals surface area (Å²) >= 11 is 0. The molecule has 6 atom stereocenters. The molecule has 2 aromatic rings. The maximum absolute atomic E-state index is 12.9. The number of hydrogen-bond acceptors (Lipinski definition) is 5. The van der Waals surface area contributed by atoms with Crippen LogP contribution in [0.2, 0.25) is 0 Å². The number of amides is 1. The van der Waals surface area contributed by atoms with Crippen molar-refractivity contribution >= 4 is 12.0 Å². The van der Waals surface area contributed by atoms with Gasteiger partial charge in [-0.15, -0.1) is 0 Å². The lowest BCUT2D eigenvalue weighted by molar-refractivity contribution is -0.274. The van der Waals surface area contributed by atoms with Crippen LogP contribution >= 0.6 is 0 Å². The predicted octanol–water partition coefficient (Wildman–Crippen LogP) is 3.97. The molecule has 0 radical (unpaired) electrons. The first-order chi connectivity index (χ1) is 17.9. The van der Waals surface area contributed by atoms with E-state index in [2.05, 4.69) is 36.3 Å². The molecule has 0 aromatic heterocycles. The minimum absolute atomic E-state index is 0.0450. The highest BCUT2D eigenvalue weighted by molar-refractivity contribution is 5.91. The van der Waals surface area contributed by atoms with Gasteiger partial charge in [-0.3, -0.25) is 4.79 Å². The third-order valence-electron chi connectivity index (χ3n) is 10.9. The Morgan fingerprint density at radius 3 is 2.89 bits per heavy atom. The van der Waals surface area contributed by atoms with Crippen LogP contribution in [0.15, 0.2) is 42.5 Å². The molecular formula is C31H36N2O4. The fourth-order valence-corrected chi connectivity index (χ4v) is 9.29. The Hall–Kier alpha value is -2.83. The molecule has 4 bridgehead atoms. The van der Waals surface area contributed by atoms with Gasteiger partial charge in [0.05, 0.1) is 0 Å². The van der Waals surface area contributed by atoms with Gasteiger partial charge in [0.25, 0.3) is 0 Å². The Labute approximate surface area is 218 Å². The topological polar surface area (TPSA) is 71.0 Å². The molecule has 37 heavy (non-hydrogen) atoms. The van der Waals surface area contributed by atoms with Crippen LogP contribution < -0.4 is 10.1 Å². The Morgan fingerprint density at radius 2 is 2.08 bits per heavy atom. The van der Waals surface area contributed by atoms with Gasteiger partial charge in [0.1, 0.15) is 11.7 Å².